The number of benzene rings is 1. The lowest BCUT2D eigenvalue weighted by atomic mass is 10.1. The number of hydrogen-bond acceptors (Lipinski definition) is 3. The number of nitrogens with one attached hydrogen (secondary N) is 1. The van der Waals surface area contributed by atoms with Crippen molar-refractivity contribution in [1.82, 2.24) is 5.32 Å². The monoisotopic (exact) mass is 275 g/mol. The Morgan fingerprint density at radius 3 is 2.80 bits per heavy atom. The number of alkyl carbamates (subject to hydrolysis) is 1. The summed E-state index contributed by atoms with van der Waals surface area (Å²) in [4.78, 5) is 11.6. The predicted molar refractivity (Wildman–Crippen MR) is 78.1 cm³/mol. The van der Waals surface area contributed by atoms with E-state index in [-0.39, 0.29) is 12.6 Å². The molecule has 1 unspecified atom stereocenters. The zero-order chi connectivity index (χ0) is 15.0. The Balaban J connectivity index is 2.63. The average Bonchev–Trinajstić information content (AvgIpc) is 2.43. The lowest BCUT2D eigenvalue weighted by molar-refractivity contribution is 0.130. The molecule has 1 aromatic carbocycles. The van der Waals surface area contributed by atoms with Crippen LogP contribution in [0.15, 0.2) is 24.3 Å². The van der Waals surface area contributed by atoms with E-state index in [4.69, 9.17) is 9.84 Å². The highest BCUT2D eigenvalue weighted by atomic mass is 16.5. The zero-order valence-corrected chi connectivity index (χ0v) is 12.1. The molecule has 0 saturated heterocycles. The summed E-state index contributed by atoms with van der Waals surface area (Å²) in [6.07, 6.45) is -0.418. The number of amides is 1. The van der Waals surface area contributed by atoms with Crippen molar-refractivity contribution < 1.29 is 14.6 Å². The van der Waals surface area contributed by atoms with Gasteiger partial charge in [-0.1, -0.05) is 37.8 Å². The maximum Gasteiger partial charge on any atom is 0.407 e. The van der Waals surface area contributed by atoms with Crippen molar-refractivity contribution in [3.63, 3.8) is 0 Å². The van der Waals surface area contributed by atoms with Gasteiger partial charge in [-0.3, -0.25) is 0 Å². The molecule has 108 valence electrons. The summed E-state index contributed by atoms with van der Waals surface area (Å²) in [5.74, 6) is 5.75. The van der Waals surface area contributed by atoms with Gasteiger partial charge in [-0.2, -0.15) is 0 Å². The van der Waals surface area contributed by atoms with Crippen LogP contribution in [0.2, 0.25) is 0 Å². The minimum Gasteiger partial charge on any atom is -0.449 e. The highest BCUT2D eigenvalue weighted by Crippen LogP contribution is 2.14. The standard InChI is InChI=1S/C16H21NO3/c1-12(2)11-20-16(19)17-13(3)15-8-4-6-14(10-15)7-5-9-18/h4,6,8,10,12-13,18H,9,11H2,1-3H3,(H,17,19). The van der Waals surface area contributed by atoms with Crippen molar-refractivity contribution in [3.05, 3.63) is 35.4 Å². The topological polar surface area (TPSA) is 58.6 Å². The Morgan fingerprint density at radius 1 is 1.40 bits per heavy atom. The predicted octanol–water partition coefficient (Wildman–Crippen LogP) is 2.47. The highest BCUT2D eigenvalue weighted by Gasteiger charge is 2.11. The number of rotatable bonds is 4. The molecule has 4 heteroatoms. The molecule has 0 bridgehead atoms. The van der Waals surface area contributed by atoms with E-state index in [1.54, 1.807) is 0 Å². The Kier molecular flexibility index (Phi) is 6.61. The van der Waals surface area contributed by atoms with Crippen molar-refractivity contribution in [2.24, 2.45) is 5.92 Å². The van der Waals surface area contributed by atoms with E-state index >= 15 is 0 Å². The molecule has 0 spiro atoms. The Bertz CT molecular complexity index is 500. The normalized spacial score (nSPS) is 11.4. The van der Waals surface area contributed by atoms with Gasteiger partial charge < -0.3 is 15.2 Å². The first-order chi connectivity index (χ1) is 9.52. The largest absolute Gasteiger partial charge is 0.449 e. The fourth-order valence-corrected chi connectivity index (χ4v) is 1.57. The molecule has 0 fully saturated rings. The van der Waals surface area contributed by atoms with E-state index in [9.17, 15) is 4.79 Å². The summed E-state index contributed by atoms with van der Waals surface area (Å²) in [5, 5.41) is 11.5. The summed E-state index contributed by atoms with van der Waals surface area (Å²) < 4.78 is 5.08. The summed E-state index contributed by atoms with van der Waals surface area (Å²) >= 11 is 0. The number of aliphatic hydroxyl groups excluding tert-OH is 1. The third-order valence-electron chi connectivity index (χ3n) is 2.58. The molecule has 0 saturated carbocycles. The lowest BCUT2D eigenvalue weighted by Gasteiger charge is -2.15. The van der Waals surface area contributed by atoms with Crippen molar-refractivity contribution in [3.8, 4) is 11.8 Å². The van der Waals surface area contributed by atoms with E-state index in [0.717, 1.165) is 11.1 Å². The summed E-state index contributed by atoms with van der Waals surface area (Å²) in [6, 6.07) is 7.36. The molecule has 20 heavy (non-hydrogen) atoms. The first-order valence-corrected chi connectivity index (χ1v) is 6.66. The fourth-order valence-electron chi connectivity index (χ4n) is 1.57. The molecule has 0 radical (unpaired) electrons. The van der Waals surface area contributed by atoms with Gasteiger partial charge in [0.2, 0.25) is 0 Å². The van der Waals surface area contributed by atoms with Crippen LogP contribution in [0.1, 0.15) is 37.9 Å². The van der Waals surface area contributed by atoms with E-state index in [2.05, 4.69) is 17.2 Å². The molecule has 0 aromatic heterocycles. The van der Waals surface area contributed by atoms with Crippen LogP contribution in [0.25, 0.3) is 0 Å². The first-order valence-electron chi connectivity index (χ1n) is 6.66. The smallest absolute Gasteiger partial charge is 0.407 e. The summed E-state index contributed by atoms with van der Waals surface area (Å²) in [7, 11) is 0. The minimum atomic E-state index is -0.418. The molecule has 1 atom stereocenters. The molecule has 1 amide bonds. The SMILES string of the molecule is CC(C)COC(=O)NC(C)c1cccc(C#CCO)c1. The van der Waals surface area contributed by atoms with Crippen molar-refractivity contribution in [2.45, 2.75) is 26.8 Å². The summed E-state index contributed by atoms with van der Waals surface area (Å²) in [6.45, 7) is 6.09. The lowest BCUT2D eigenvalue weighted by Crippen LogP contribution is -2.28. The van der Waals surface area contributed by atoms with E-state index < -0.39 is 6.09 Å². The third-order valence-corrected chi connectivity index (χ3v) is 2.58. The van der Waals surface area contributed by atoms with Crippen LogP contribution in [0.3, 0.4) is 0 Å². The molecular formula is C16H21NO3. The van der Waals surface area contributed by atoms with Gasteiger partial charge in [-0.15, -0.1) is 0 Å². The van der Waals surface area contributed by atoms with Crippen LogP contribution in [0.5, 0.6) is 0 Å². The number of hydrogen-bond donors (Lipinski definition) is 2. The Hall–Kier alpha value is -1.99. The van der Waals surface area contributed by atoms with Crippen LogP contribution in [0.4, 0.5) is 4.79 Å². The van der Waals surface area contributed by atoms with Crippen LogP contribution < -0.4 is 5.32 Å². The molecule has 0 heterocycles. The number of ether oxygens (including phenoxy) is 1. The molecule has 4 nitrogen and oxygen atoms in total. The van der Waals surface area contributed by atoms with Gasteiger partial charge >= 0.3 is 6.09 Å². The Labute approximate surface area is 120 Å². The maximum absolute atomic E-state index is 11.6. The van der Waals surface area contributed by atoms with Gasteiger partial charge in [0.1, 0.15) is 6.61 Å². The van der Waals surface area contributed by atoms with Crippen molar-refractivity contribution in [1.29, 1.82) is 0 Å². The van der Waals surface area contributed by atoms with Crippen LogP contribution in [-0.2, 0) is 4.74 Å². The van der Waals surface area contributed by atoms with Crippen molar-refractivity contribution in [2.75, 3.05) is 13.2 Å². The van der Waals surface area contributed by atoms with E-state index in [1.165, 1.54) is 0 Å². The third kappa shape index (κ3) is 5.77. The molecule has 1 rings (SSSR count). The number of carbonyl (C=O) groups excluding carboxylic acids is 1. The minimum absolute atomic E-state index is 0.162. The van der Waals surface area contributed by atoms with Gasteiger partial charge in [-0.05, 0) is 30.5 Å². The van der Waals surface area contributed by atoms with Crippen LogP contribution in [-0.4, -0.2) is 24.4 Å². The van der Waals surface area contributed by atoms with Gasteiger partial charge in [0, 0.05) is 5.56 Å². The average molecular weight is 275 g/mol. The quantitative estimate of drug-likeness (QED) is 0.830. The fraction of sp³-hybridized carbons (Fsp3) is 0.438. The van der Waals surface area contributed by atoms with Gasteiger partial charge in [0.05, 0.1) is 12.6 Å². The second-order valence-corrected chi connectivity index (χ2v) is 4.94. The Morgan fingerprint density at radius 2 is 2.15 bits per heavy atom. The number of aliphatic hydroxyl groups is 1. The van der Waals surface area contributed by atoms with Crippen LogP contribution in [0, 0.1) is 17.8 Å². The van der Waals surface area contributed by atoms with E-state index in [1.807, 2.05) is 45.0 Å². The molecule has 0 aliphatic carbocycles. The molecule has 1 aromatic rings. The molecule has 0 aliphatic rings. The van der Waals surface area contributed by atoms with Gasteiger partial charge in [0.15, 0.2) is 0 Å². The molecule has 2 N–H and O–H groups in total. The zero-order valence-electron chi connectivity index (χ0n) is 12.1. The molecular weight excluding hydrogens is 254 g/mol. The van der Waals surface area contributed by atoms with Crippen molar-refractivity contribution >= 4 is 6.09 Å². The highest BCUT2D eigenvalue weighted by molar-refractivity contribution is 5.67. The van der Waals surface area contributed by atoms with Crippen LogP contribution >= 0.6 is 0 Å². The molecule has 0 aliphatic heterocycles. The second kappa shape index (κ2) is 8.23. The summed E-state index contributed by atoms with van der Waals surface area (Å²) in [5.41, 5.74) is 1.75. The second-order valence-electron chi connectivity index (χ2n) is 4.94. The van der Waals surface area contributed by atoms with Gasteiger partial charge in [0.25, 0.3) is 0 Å². The first kappa shape index (κ1) is 16.1. The van der Waals surface area contributed by atoms with E-state index in [0.29, 0.717) is 12.5 Å². The van der Waals surface area contributed by atoms with Gasteiger partial charge in [-0.25, -0.2) is 4.79 Å². The maximum atomic E-state index is 11.6. The number of carbonyl (C=O) groups is 1.